The molecular formula is C13H11F3O2. The molecule has 0 bridgehead atoms. The Morgan fingerprint density at radius 1 is 1.33 bits per heavy atom. The summed E-state index contributed by atoms with van der Waals surface area (Å²) in [6.45, 7) is 0. The molecule has 0 heterocycles. The van der Waals surface area contributed by atoms with Crippen LogP contribution in [0.1, 0.15) is 24.0 Å². The van der Waals surface area contributed by atoms with Crippen LogP contribution in [0.25, 0.3) is 5.57 Å². The number of allylic oxidation sites excluding steroid dienone is 1. The SMILES string of the molecule is O=C(O)/C=C(/c1cccc(C(F)(F)F)c1)C1CC1. The maximum atomic E-state index is 12.6. The van der Waals surface area contributed by atoms with Crippen molar-refractivity contribution in [1.82, 2.24) is 0 Å². The molecule has 18 heavy (non-hydrogen) atoms. The van der Waals surface area contributed by atoms with Crippen LogP contribution in [-0.4, -0.2) is 11.1 Å². The summed E-state index contributed by atoms with van der Waals surface area (Å²) in [5.74, 6) is -1.06. The third-order valence-electron chi connectivity index (χ3n) is 2.82. The Bertz CT molecular complexity index is 499. The molecule has 1 aromatic carbocycles. The second-order valence-electron chi connectivity index (χ2n) is 4.29. The molecule has 0 aliphatic heterocycles. The lowest BCUT2D eigenvalue weighted by Crippen LogP contribution is -2.05. The van der Waals surface area contributed by atoms with Gasteiger partial charge in [-0.2, -0.15) is 13.2 Å². The van der Waals surface area contributed by atoms with Gasteiger partial charge in [0, 0.05) is 6.08 Å². The van der Waals surface area contributed by atoms with E-state index in [1.54, 1.807) is 0 Å². The lowest BCUT2D eigenvalue weighted by atomic mass is 9.99. The standard InChI is InChI=1S/C13H11F3O2/c14-13(15,16)10-3-1-2-9(6-10)11(7-12(17)18)8-4-5-8/h1-3,6-8H,4-5H2,(H,17,18)/b11-7+. The van der Waals surface area contributed by atoms with E-state index in [4.69, 9.17) is 5.11 Å². The number of aliphatic carboxylic acids is 1. The van der Waals surface area contributed by atoms with Crippen molar-refractivity contribution in [1.29, 1.82) is 0 Å². The molecule has 1 saturated carbocycles. The number of rotatable bonds is 3. The van der Waals surface area contributed by atoms with Crippen LogP contribution in [0.4, 0.5) is 13.2 Å². The predicted molar refractivity (Wildman–Crippen MR) is 59.8 cm³/mol. The minimum absolute atomic E-state index is 0.0737. The zero-order valence-electron chi connectivity index (χ0n) is 9.37. The van der Waals surface area contributed by atoms with Crippen molar-refractivity contribution in [2.24, 2.45) is 5.92 Å². The monoisotopic (exact) mass is 256 g/mol. The Morgan fingerprint density at radius 3 is 2.50 bits per heavy atom. The first kappa shape index (κ1) is 12.7. The van der Waals surface area contributed by atoms with E-state index in [-0.39, 0.29) is 5.92 Å². The average molecular weight is 256 g/mol. The van der Waals surface area contributed by atoms with Crippen molar-refractivity contribution in [3.8, 4) is 0 Å². The zero-order chi connectivity index (χ0) is 13.3. The second kappa shape index (κ2) is 4.48. The Hall–Kier alpha value is -1.78. The number of carbonyl (C=O) groups is 1. The van der Waals surface area contributed by atoms with E-state index >= 15 is 0 Å². The topological polar surface area (TPSA) is 37.3 Å². The van der Waals surface area contributed by atoms with E-state index in [9.17, 15) is 18.0 Å². The van der Waals surface area contributed by atoms with Crippen molar-refractivity contribution in [3.63, 3.8) is 0 Å². The molecule has 96 valence electrons. The normalized spacial score (nSPS) is 16.7. The van der Waals surface area contributed by atoms with Gasteiger partial charge in [-0.05, 0) is 42.0 Å². The van der Waals surface area contributed by atoms with Crippen LogP contribution in [0.2, 0.25) is 0 Å². The Kier molecular flexibility index (Phi) is 3.15. The maximum Gasteiger partial charge on any atom is 0.416 e. The molecule has 0 radical (unpaired) electrons. The minimum Gasteiger partial charge on any atom is -0.478 e. The Balaban J connectivity index is 2.40. The molecule has 5 heteroatoms. The summed E-state index contributed by atoms with van der Waals surface area (Å²) in [5.41, 5.74) is 0.0697. The van der Waals surface area contributed by atoms with Crippen molar-refractivity contribution < 1.29 is 23.1 Å². The molecule has 2 rings (SSSR count). The first-order valence-corrected chi connectivity index (χ1v) is 5.50. The predicted octanol–water partition coefficient (Wildman–Crippen LogP) is 3.58. The maximum absolute atomic E-state index is 12.6. The summed E-state index contributed by atoms with van der Waals surface area (Å²) in [6.07, 6.45) is -1.74. The molecule has 1 aliphatic carbocycles. The first-order chi connectivity index (χ1) is 8.38. The number of hydrogen-bond acceptors (Lipinski definition) is 1. The van der Waals surface area contributed by atoms with Gasteiger partial charge >= 0.3 is 12.1 Å². The van der Waals surface area contributed by atoms with E-state index < -0.39 is 17.7 Å². The lowest BCUT2D eigenvalue weighted by molar-refractivity contribution is -0.137. The Morgan fingerprint density at radius 2 is 2.00 bits per heavy atom. The van der Waals surface area contributed by atoms with Gasteiger partial charge in [0.2, 0.25) is 0 Å². The molecule has 2 nitrogen and oxygen atoms in total. The quantitative estimate of drug-likeness (QED) is 0.839. The third-order valence-corrected chi connectivity index (χ3v) is 2.82. The van der Waals surface area contributed by atoms with Gasteiger partial charge in [-0.15, -0.1) is 0 Å². The number of alkyl halides is 3. The van der Waals surface area contributed by atoms with E-state index in [1.807, 2.05) is 0 Å². The second-order valence-corrected chi connectivity index (χ2v) is 4.29. The van der Waals surface area contributed by atoms with Gasteiger partial charge in [0.05, 0.1) is 5.56 Å². The van der Waals surface area contributed by atoms with Gasteiger partial charge in [-0.3, -0.25) is 0 Å². The summed E-state index contributed by atoms with van der Waals surface area (Å²) < 4.78 is 37.7. The fourth-order valence-electron chi connectivity index (χ4n) is 1.84. The van der Waals surface area contributed by atoms with Crippen LogP contribution < -0.4 is 0 Å². The van der Waals surface area contributed by atoms with Crippen molar-refractivity contribution in [3.05, 3.63) is 41.5 Å². The summed E-state index contributed by atoms with van der Waals surface area (Å²) in [7, 11) is 0. The van der Waals surface area contributed by atoms with Crippen molar-refractivity contribution in [2.45, 2.75) is 19.0 Å². The van der Waals surface area contributed by atoms with Gasteiger partial charge in [-0.25, -0.2) is 4.79 Å². The zero-order valence-corrected chi connectivity index (χ0v) is 9.37. The molecular weight excluding hydrogens is 245 g/mol. The summed E-state index contributed by atoms with van der Waals surface area (Å²) >= 11 is 0. The van der Waals surface area contributed by atoms with Crippen molar-refractivity contribution in [2.75, 3.05) is 0 Å². The van der Waals surface area contributed by atoms with Gasteiger partial charge in [0.15, 0.2) is 0 Å². The molecule has 0 spiro atoms. The molecule has 0 unspecified atom stereocenters. The molecule has 1 aliphatic rings. The van der Waals surface area contributed by atoms with Crippen LogP contribution in [0.3, 0.4) is 0 Å². The van der Waals surface area contributed by atoms with E-state index in [2.05, 4.69) is 0 Å². The van der Waals surface area contributed by atoms with Gasteiger partial charge in [-0.1, -0.05) is 12.1 Å². The highest BCUT2D eigenvalue weighted by Gasteiger charge is 2.32. The van der Waals surface area contributed by atoms with Gasteiger partial charge in [0.25, 0.3) is 0 Å². The first-order valence-electron chi connectivity index (χ1n) is 5.50. The number of carboxylic acid groups (broad SMARTS) is 1. The number of carboxylic acids is 1. The van der Waals surface area contributed by atoms with Crippen LogP contribution >= 0.6 is 0 Å². The highest BCUT2D eigenvalue weighted by Crippen LogP contribution is 2.42. The van der Waals surface area contributed by atoms with E-state index in [0.717, 1.165) is 31.1 Å². The summed E-state index contributed by atoms with van der Waals surface area (Å²) in [4.78, 5) is 10.7. The van der Waals surface area contributed by atoms with Crippen LogP contribution in [0, 0.1) is 5.92 Å². The molecule has 1 aromatic rings. The fourth-order valence-corrected chi connectivity index (χ4v) is 1.84. The smallest absolute Gasteiger partial charge is 0.416 e. The number of benzene rings is 1. The molecule has 0 aromatic heterocycles. The molecule has 0 atom stereocenters. The summed E-state index contributed by atoms with van der Waals surface area (Å²) in [6, 6.07) is 4.81. The van der Waals surface area contributed by atoms with E-state index in [0.29, 0.717) is 11.1 Å². The van der Waals surface area contributed by atoms with Crippen LogP contribution in [-0.2, 0) is 11.0 Å². The molecule has 1 fully saturated rings. The molecule has 0 amide bonds. The highest BCUT2D eigenvalue weighted by atomic mass is 19.4. The van der Waals surface area contributed by atoms with Crippen LogP contribution in [0.5, 0.6) is 0 Å². The lowest BCUT2D eigenvalue weighted by Gasteiger charge is -2.10. The van der Waals surface area contributed by atoms with Gasteiger partial charge in [0.1, 0.15) is 0 Å². The highest BCUT2D eigenvalue weighted by molar-refractivity contribution is 5.91. The van der Waals surface area contributed by atoms with E-state index in [1.165, 1.54) is 12.1 Å². The third kappa shape index (κ3) is 2.91. The minimum atomic E-state index is -4.41. The fraction of sp³-hybridized carbons (Fsp3) is 0.308. The largest absolute Gasteiger partial charge is 0.478 e. The molecule has 0 saturated heterocycles. The van der Waals surface area contributed by atoms with Crippen molar-refractivity contribution >= 4 is 11.5 Å². The molecule has 1 N–H and O–H groups in total. The van der Waals surface area contributed by atoms with Gasteiger partial charge < -0.3 is 5.11 Å². The van der Waals surface area contributed by atoms with Crippen LogP contribution in [0.15, 0.2) is 30.3 Å². The number of halogens is 3. The number of hydrogen-bond donors (Lipinski definition) is 1. The average Bonchev–Trinajstić information content (AvgIpc) is 3.08. The summed E-state index contributed by atoms with van der Waals surface area (Å²) in [5, 5.41) is 8.75. The Labute approximate surface area is 102 Å².